The van der Waals surface area contributed by atoms with E-state index in [9.17, 15) is 9.18 Å². The summed E-state index contributed by atoms with van der Waals surface area (Å²) in [5.41, 5.74) is 2.33. The molecule has 2 rings (SSSR count). The summed E-state index contributed by atoms with van der Waals surface area (Å²) >= 11 is 1.81. The summed E-state index contributed by atoms with van der Waals surface area (Å²) in [5.74, 6) is 1.68. The standard InChI is InChI=1S/C19H23FN2OS/c1-22(13-16-7-9-18(20)10-8-16)14-19(23)21-11-12-24-15-17-5-3-2-4-6-17/h2-10H,11-15H2,1H3,(H,21,23)/p+1. The number of halogens is 1. The average Bonchev–Trinajstić information content (AvgIpc) is 2.57. The van der Waals surface area contributed by atoms with Crippen molar-refractivity contribution in [1.82, 2.24) is 5.32 Å². The summed E-state index contributed by atoms with van der Waals surface area (Å²) < 4.78 is 12.9. The van der Waals surface area contributed by atoms with Gasteiger partial charge in [-0.15, -0.1) is 0 Å². The van der Waals surface area contributed by atoms with Crippen LogP contribution in [-0.4, -0.2) is 31.8 Å². The summed E-state index contributed by atoms with van der Waals surface area (Å²) in [6.45, 7) is 1.80. The van der Waals surface area contributed by atoms with Crippen molar-refractivity contribution in [1.29, 1.82) is 0 Å². The number of carbonyl (C=O) groups excluding carboxylic acids is 1. The molecule has 0 spiro atoms. The third-order valence-electron chi connectivity index (χ3n) is 3.56. The third kappa shape index (κ3) is 7.15. The third-order valence-corrected chi connectivity index (χ3v) is 4.59. The summed E-state index contributed by atoms with van der Waals surface area (Å²) in [6.07, 6.45) is 0. The number of thioether (sulfide) groups is 1. The van der Waals surface area contributed by atoms with Crippen LogP contribution < -0.4 is 10.2 Å². The number of hydrogen-bond donors (Lipinski definition) is 2. The number of benzene rings is 2. The first-order valence-corrected chi connectivity index (χ1v) is 9.23. The zero-order chi connectivity index (χ0) is 17.2. The Morgan fingerprint density at radius 3 is 2.50 bits per heavy atom. The van der Waals surface area contributed by atoms with Crippen LogP contribution in [0.5, 0.6) is 0 Å². The van der Waals surface area contributed by atoms with Crippen LogP contribution in [0.3, 0.4) is 0 Å². The number of quaternary nitrogens is 1. The van der Waals surface area contributed by atoms with Gasteiger partial charge in [-0.25, -0.2) is 4.39 Å². The zero-order valence-corrected chi connectivity index (χ0v) is 14.7. The Labute approximate surface area is 147 Å². The van der Waals surface area contributed by atoms with E-state index in [2.05, 4.69) is 17.4 Å². The predicted octanol–water partition coefficient (Wildman–Crippen LogP) is 1.89. The molecule has 0 saturated carbocycles. The molecular formula is C19H24FN2OS+. The van der Waals surface area contributed by atoms with E-state index in [4.69, 9.17) is 0 Å². The molecule has 128 valence electrons. The molecule has 2 aromatic carbocycles. The van der Waals surface area contributed by atoms with Gasteiger partial charge >= 0.3 is 0 Å². The quantitative estimate of drug-likeness (QED) is 0.679. The summed E-state index contributed by atoms with van der Waals surface area (Å²) in [6, 6.07) is 16.7. The molecule has 0 radical (unpaired) electrons. The van der Waals surface area contributed by atoms with Crippen molar-refractivity contribution in [2.45, 2.75) is 12.3 Å². The Morgan fingerprint density at radius 1 is 1.08 bits per heavy atom. The normalized spacial score (nSPS) is 11.9. The maximum Gasteiger partial charge on any atom is 0.275 e. The molecule has 1 amide bonds. The van der Waals surface area contributed by atoms with Crippen LogP contribution in [-0.2, 0) is 17.1 Å². The molecule has 0 fully saturated rings. The number of likely N-dealkylation sites (N-methyl/N-ethyl adjacent to an activating group) is 1. The predicted molar refractivity (Wildman–Crippen MR) is 97.5 cm³/mol. The van der Waals surface area contributed by atoms with Gasteiger partial charge in [0, 0.05) is 23.6 Å². The van der Waals surface area contributed by atoms with Crippen molar-refractivity contribution in [3.63, 3.8) is 0 Å². The molecule has 1 atom stereocenters. The fourth-order valence-electron chi connectivity index (χ4n) is 2.38. The molecule has 0 saturated heterocycles. The second-order valence-corrected chi connectivity index (χ2v) is 6.93. The fraction of sp³-hybridized carbons (Fsp3) is 0.316. The minimum Gasteiger partial charge on any atom is -0.350 e. The summed E-state index contributed by atoms with van der Waals surface area (Å²) in [7, 11) is 1.97. The lowest BCUT2D eigenvalue weighted by atomic mass is 10.2. The lowest BCUT2D eigenvalue weighted by Crippen LogP contribution is -3.08. The van der Waals surface area contributed by atoms with E-state index in [-0.39, 0.29) is 11.7 Å². The number of nitrogens with one attached hydrogen (secondary N) is 2. The Morgan fingerprint density at radius 2 is 1.79 bits per heavy atom. The second-order valence-electron chi connectivity index (χ2n) is 5.83. The Kier molecular flexibility index (Phi) is 7.79. The smallest absolute Gasteiger partial charge is 0.275 e. The van der Waals surface area contributed by atoms with Crippen molar-refractivity contribution < 1.29 is 14.1 Å². The molecule has 1 unspecified atom stereocenters. The van der Waals surface area contributed by atoms with Crippen LogP contribution in [0.25, 0.3) is 0 Å². The number of hydrogen-bond acceptors (Lipinski definition) is 2. The van der Waals surface area contributed by atoms with E-state index in [1.165, 1.54) is 17.7 Å². The molecular weight excluding hydrogens is 323 g/mol. The molecule has 0 aliphatic heterocycles. The molecule has 0 aliphatic rings. The molecule has 0 aromatic heterocycles. The van der Waals surface area contributed by atoms with Crippen LogP contribution >= 0.6 is 11.8 Å². The first-order valence-electron chi connectivity index (χ1n) is 8.07. The highest BCUT2D eigenvalue weighted by Crippen LogP contribution is 2.10. The van der Waals surface area contributed by atoms with Gasteiger partial charge < -0.3 is 10.2 Å². The van der Waals surface area contributed by atoms with E-state index < -0.39 is 0 Å². The topological polar surface area (TPSA) is 33.5 Å². The van der Waals surface area contributed by atoms with E-state index in [0.29, 0.717) is 19.6 Å². The summed E-state index contributed by atoms with van der Waals surface area (Å²) in [4.78, 5) is 13.0. The van der Waals surface area contributed by atoms with Gasteiger partial charge in [-0.1, -0.05) is 42.5 Å². The Balaban J connectivity index is 1.58. The Hall–Kier alpha value is -1.85. The molecule has 3 nitrogen and oxygen atoms in total. The number of rotatable bonds is 9. The lowest BCUT2D eigenvalue weighted by molar-refractivity contribution is -0.885. The van der Waals surface area contributed by atoms with E-state index in [1.807, 2.05) is 37.0 Å². The van der Waals surface area contributed by atoms with Crippen LogP contribution in [0.15, 0.2) is 54.6 Å². The minimum atomic E-state index is -0.234. The average molecular weight is 347 g/mol. The van der Waals surface area contributed by atoms with Gasteiger partial charge in [-0.05, 0) is 17.7 Å². The molecule has 2 aromatic rings. The Bertz CT molecular complexity index is 619. The van der Waals surface area contributed by atoms with Crippen molar-refractivity contribution in [3.05, 3.63) is 71.5 Å². The molecule has 24 heavy (non-hydrogen) atoms. The maximum atomic E-state index is 12.9. The van der Waals surface area contributed by atoms with Gasteiger partial charge in [0.25, 0.3) is 5.91 Å². The largest absolute Gasteiger partial charge is 0.350 e. The maximum absolute atomic E-state index is 12.9. The zero-order valence-electron chi connectivity index (χ0n) is 13.9. The SMILES string of the molecule is C[NH+](CC(=O)NCCSCc1ccccc1)Cc1ccc(F)cc1. The van der Waals surface area contributed by atoms with E-state index in [1.54, 1.807) is 12.1 Å². The van der Waals surface area contributed by atoms with Crippen LogP contribution in [0.4, 0.5) is 4.39 Å². The number of carbonyl (C=O) groups is 1. The minimum absolute atomic E-state index is 0.0509. The second kappa shape index (κ2) is 10.1. The van der Waals surface area contributed by atoms with Crippen LogP contribution in [0, 0.1) is 5.82 Å². The van der Waals surface area contributed by atoms with E-state index >= 15 is 0 Å². The fourth-order valence-corrected chi connectivity index (χ4v) is 3.20. The van der Waals surface area contributed by atoms with Crippen molar-refractivity contribution in [2.24, 2.45) is 0 Å². The van der Waals surface area contributed by atoms with Gasteiger partial charge in [0.1, 0.15) is 12.4 Å². The van der Waals surface area contributed by atoms with Crippen molar-refractivity contribution in [2.75, 3.05) is 25.9 Å². The van der Waals surface area contributed by atoms with Gasteiger partial charge in [-0.3, -0.25) is 4.79 Å². The van der Waals surface area contributed by atoms with Crippen LogP contribution in [0.2, 0.25) is 0 Å². The highest BCUT2D eigenvalue weighted by molar-refractivity contribution is 7.98. The van der Waals surface area contributed by atoms with Gasteiger partial charge in [0.2, 0.25) is 0 Å². The molecule has 5 heteroatoms. The van der Waals surface area contributed by atoms with Crippen molar-refractivity contribution >= 4 is 17.7 Å². The van der Waals surface area contributed by atoms with Crippen LogP contribution in [0.1, 0.15) is 11.1 Å². The van der Waals surface area contributed by atoms with Gasteiger partial charge in [-0.2, -0.15) is 11.8 Å². The molecule has 0 aliphatic carbocycles. The van der Waals surface area contributed by atoms with Crippen molar-refractivity contribution in [3.8, 4) is 0 Å². The van der Waals surface area contributed by atoms with Gasteiger partial charge in [0.05, 0.1) is 7.05 Å². The first kappa shape index (κ1) is 18.5. The monoisotopic (exact) mass is 347 g/mol. The van der Waals surface area contributed by atoms with Gasteiger partial charge in [0.15, 0.2) is 6.54 Å². The molecule has 0 bridgehead atoms. The lowest BCUT2D eigenvalue weighted by Gasteiger charge is -2.14. The highest BCUT2D eigenvalue weighted by atomic mass is 32.2. The number of amides is 1. The molecule has 2 N–H and O–H groups in total. The highest BCUT2D eigenvalue weighted by Gasteiger charge is 2.10. The van der Waals surface area contributed by atoms with E-state index in [0.717, 1.165) is 22.0 Å². The summed E-state index contributed by atoms with van der Waals surface area (Å²) in [5, 5.41) is 2.95. The molecule has 0 heterocycles. The first-order chi connectivity index (χ1) is 11.6.